The summed E-state index contributed by atoms with van der Waals surface area (Å²) in [4.78, 5) is 0. The highest BCUT2D eigenvalue weighted by Crippen LogP contribution is 2.39. The van der Waals surface area contributed by atoms with Crippen molar-refractivity contribution in [2.45, 2.75) is 0 Å². The molecule has 0 aliphatic rings. The molecule has 5 rings (SSSR count). The van der Waals surface area contributed by atoms with Crippen LogP contribution in [0.2, 0.25) is 0 Å². The number of fused-ring (bicyclic) bond motifs is 2. The monoisotopic (exact) mass is 250 g/mol. The highest BCUT2D eigenvalue weighted by atomic mass is 14.1. The van der Waals surface area contributed by atoms with Gasteiger partial charge in [-0.15, -0.1) is 0 Å². The Balaban J connectivity index is 2.32. The lowest BCUT2D eigenvalue weighted by Crippen LogP contribution is -1.86. The quantitative estimate of drug-likeness (QED) is 0.257. The maximum atomic E-state index is 3.28. The fourth-order valence-electron chi connectivity index (χ4n) is 3.43. The Morgan fingerprint density at radius 3 is 1.50 bits per heavy atom. The predicted molar refractivity (Wildman–Crippen MR) is 85.3 cm³/mol. The standard InChI is InChI=1S/C20H10/c1-5-13-6-2-11-17-18-12-4-8-14-7-3-10-16(20(14)18)15(9-1)19(13)17/h1,3,5-12H. The predicted octanol–water partition coefficient (Wildman–Crippen LogP) is 5.34. The summed E-state index contributed by atoms with van der Waals surface area (Å²) in [7, 11) is 0. The summed E-state index contributed by atoms with van der Waals surface area (Å²) >= 11 is 0. The zero-order valence-electron chi connectivity index (χ0n) is 10.8. The zero-order chi connectivity index (χ0) is 13.1. The molecule has 0 N–H and O–H groups in total. The molecule has 0 heteroatoms. The fourth-order valence-corrected chi connectivity index (χ4v) is 3.43. The van der Waals surface area contributed by atoms with Crippen LogP contribution in [0.1, 0.15) is 0 Å². The molecule has 5 aromatic rings. The van der Waals surface area contributed by atoms with Crippen molar-refractivity contribution >= 4 is 43.1 Å². The van der Waals surface area contributed by atoms with E-state index >= 15 is 0 Å². The second-order valence-electron chi connectivity index (χ2n) is 5.28. The van der Waals surface area contributed by atoms with Gasteiger partial charge >= 0.3 is 0 Å². The molecule has 20 heavy (non-hydrogen) atoms. The lowest BCUT2D eigenvalue weighted by atomic mass is 9.90. The molecule has 0 nitrogen and oxygen atoms in total. The van der Waals surface area contributed by atoms with Crippen LogP contribution in [0.15, 0.2) is 60.7 Å². The molecule has 0 saturated carbocycles. The van der Waals surface area contributed by atoms with Gasteiger partial charge in [0.1, 0.15) is 0 Å². The fraction of sp³-hybridized carbons (Fsp3) is 0. The van der Waals surface area contributed by atoms with Crippen molar-refractivity contribution in [3.05, 3.63) is 72.8 Å². The smallest absolute Gasteiger partial charge is 0.00259 e. The van der Waals surface area contributed by atoms with Gasteiger partial charge in [-0.05, 0) is 79.5 Å². The summed E-state index contributed by atoms with van der Waals surface area (Å²) in [6, 6.07) is 27.9. The van der Waals surface area contributed by atoms with Gasteiger partial charge in [0.05, 0.1) is 0 Å². The van der Waals surface area contributed by atoms with Crippen molar-refractivity contribution < 1.29 is 0 Å². The summed E-state index contributed by atoms with van der Waals surface area (Å²) in [6.07, 6.45) is 0. The Bertz CT molecular complexity index is 917. The van der Waals surface area contributed by atoms with Gasteiger partial charge in [-0.1, -0.05) is 36.4 Å². The van der Waals surface area contributed by atoms with E-state index in [1.165, 1.54) is 43.1 Å². The first-order valence-corrected chi connectivity index (χ1v) is 6.80. The van der Waals surface area contributed by atoms with E-state index in [1.54, 1.807) is 0 Å². The Morgan fingerprint density at radius 1 is 0.500 bits per heavy atom. The van der Waals surface area contributed by atoms with Crippen LogP contribution in [0.3, 0.4) is 0 Å². The molecule has 90 valence electrons. The first-order valence-electron chi connectivity index (χ1n) is 6.80. The Hall–Kier alpha value is -2.60. The SMILES string of the molecule is [c]1cc2cccc3c4cccc5c[c]cc(c(c1)c23)c54. The molecule has 0 amide bonds. The van der Waals surface area contributed by atoms with E-state index in [4.69, 9.17) is 0 Å². The molecule has 0 aromatic heterocycles. The molecule has 0 aliphatic carbocycles. The number of benzene rings is 5. The molecule has 2 radical (unpaired) electrons. The van der Waals surface area contributed by atoms with E-state index in [2.05, 4.69) is 72.8 Å². The molecule has 0 saturated heterocycles. The normalized spacial score (nSPS) is 12.0. The average molecular weight is 250 g/mol. The lowest BCUT2D eigenvalue weighted by Gasteiger charge is -2.13. The van der Waals surface area contributed by atoms with Gasteiger partial charge in [0.25, 0.3) is 0 Å². The van der Waals surface area contributed by atoms with Crippen LogP contribution < -0.4 is 0 Å². The third-order valence-electron chi connectivity index (χ3n) is 4.25. The van der Waals surface area contributed by atoms with Crippen LogP contribution in [0.4, 0.5) is 0 Å². The molecule has 0 heterocycles. The second-order valence-corrected chi connectivity index (χ2v) is 5.28. The maximum Gasteiger partial charge on any atom is -0.00259 e. The number of rotatable bonds is 0. The van der Waals surface area contributed by atoms with Crippen molar-refractivity contribution in [3.63, 3.8) is 0 Å². The van der Waals surface area contributed by atoms with Crippen LogP contribution in [0.25, 0.3) is 43.1 Å². The first kappa shape index (κ1) is 10.2. The molecular formula is C20H10. The zero-order valence-corrected chi connectivity index (χ0v) is 10.8. The van der Waals surface area contributed by atoms with Gasteiger partial charge in [0, 0.05) is 0 Å². The first-order chi connectivity index (χ1) is 9.93. The van der Waals surface area contributed by atoms with E-state index in [1.807, 2.05) is 0 Å². The summed E-state index contributed by atoms with van der Waals surface area (Å²) in [5.41, 5.74) is 0. The highest BCUT2D eigenvalue weighted by Gasteiger charge is 2.11. The lowest BCUT2D eigenvalue weighted by molar-refractivity contribution is 1.77. The van der Waals surface area contributed by atoms with Crippen LogP contribution in [0.5, 0.6) is 0 Å². The highest BCUT2D eigenvalue weighted by molar-refractivity contribution is 6.32. The molecule has 0 bridgehead atoms. The van der Waals surface area contributed by atoms with E-state index in [-0.39, 0.29) is 0 Å². The van der Waals surface area contributed by atoms with Gasteiger partial charge in [-0.25, -0.2) is 0 Å². The van der Waals surface area contributed by atoms with Crippen LogP contribution in [-0.2, 0) is 0 Å². The third kappa shape index (κ3) is 1.12. The second kappa shape index (κ2) is 3.49. The Labute approximate surface area is 116 Å². The Kier molecular flexibility index (Phi) is 1.78. The molecular weight excluding hydrogens is 240 g/mol. The average Bonchev–Trinajstić information content (AvgIpc) is 2.52. The van der Waals surface area contributed by atoms with Crippen LogP contribution >= 0.6 is 0 Å². The summed E-state index contributed by atoms with van der Waals surface area (Å²) in [5.74, 6) is 0. The largest absolute Gasteiger partial charge is 0.0610 e. The minimum atomic E-state index is 1.26. The van der Waals surface area contributed by atoms with E-state index < -0.39 is 0 Å². The van der Waals surface area contributed by atoms with Crippen molar-refractivity contribution in [1.29, 1.82) is 0 Å². The van der Waals surface area contributed by atoms with Crippen molar-refractivity contribution in [2.75, 3.05) is 0 Å². The van der Waals surface area contributed by atoms with E-state index in [0.717, 1.165) is 0 Å². The van der Waals surface area contributed by atoms with Crippen molar-refractivity contribution in [3.8, 4) is 0 Å². The molecule has 0 spiro atoms. The van der Waals surface area contributed by atoms with Crippen LogP contribution in [0, 0.1) is 12.1 Å². The van der Waals surface area contributed by atoms with Gasteiger partial charge in [-0.2, -0.15) is 0 Å². The van der Waals surface area contributed by atoms with Gasteiger partial charge in [-0.3, -0.25) is 0 Å². The van der Waals surface area contributed by atoms with Gasteiger partial charge in [0.15, 0.2) is 0 Å². The molecule has 0 fully saturated rings. The minimum absolute atomic E-state index is 1.26. The molecule has 0 aliphatic heterocycles. The minimum Gasteiger partial charge on any atom is -0.0610 e. The topological polar surface area (TPSA) is 0 Å². The van der Waals surface area contributed by atoms with Gasteiger partial charge in [0.2, 0.25) is 0 Å². The van der Waals surface area contributed by atoms with Crippen molar-refractivity contribution in [1.82, 2.24) is 0 Å². The van der Waals surface area contributed by atoms with E-state index in [9.17, 15) is 0 Å². The van der Waals surface area contributed by atoms with E-state index in [0.29, 0.717) is 0 Å². The summed E-state index contributed by atoms with van der Waals surface area (Å²) in [6.45, 7) is 0. The summed E-state index contributed by atoms with van der Waals surface area (Å²) in [5, 5.41) is 10.4. The Morgan fingerprint density at radius 2 is 1.00 bits per heavy atom. The molecule has 0 unspecified atom stereocenters. The van der Waals surface area contributed by atoms with Crippen LogP contribution in [-0.4, -0.2) is 0 Å². The number of hydrogen-bond acceptors (Lipinski definition) is 0. The number of hydrogen-bond donors (Lipinski definition) is 0. The van der Waals surface area contributed by atoms with Gasteiger partial charge < -0.3 is 0 Å². The summed E-state index contributed by atoms with van der Waals surface area (Å²) < 4.78 is 0. The maximum absolute atomic E-state index is 3.28. The molecule has 5 aromatic carbocycles. The molecule has 0 atom stereocenters. The third-order valence-corrected chi connectivity index (χ3v) is 4.25. The van der Waals surface area contributed by atoms with Crippen molar-refractivity contribution in [2.24, 2.45) is 0 Å².